The van der Waals surface area contributed by atoms with Crippen molar-refractivity contribution in [2.75, 3.05) is 11.5 Å². The lowest BCUT2D eigenvalue weighted by Crippen LogP contribution is -2.35. The number of phenols is 1. The van der Waals surface area contributed by atoms with Gasteiger partial charge in [-0.3, -0.25) is 19.5 Å². The summed E-state index contributed by atoms with van der Waals surface area (Å²) in [6.07, 6.45) is 7.07. The van der Waals surface area contributed by atoms with Gasteiger partial charge in [0.2, 0.25) is 11.8 Å². The van der Waals surface area contributed by atoms with Gasteiger partial charge < -0.3 is 19.9 Å². The van der Waals surface area contributed by atoms with Crippen molar-refractivity contribution in [3.63, 3.8) is 0 Å². The monoisotopic (exact) mass is 656 g/mol. The molecule has 2 amide bonds. The van der Waals surface area contributed by atoms with Gasteiger partial charge in [-0.15, -0.1) is 0 Å². The van der Waals surface area contributed by atoms with E-state index in [1.807, 2.05) is 30.3 Å². The lowest BCUT2D eigenvalue weighted by Gasteiger charge is -2.32. The molecule has 0 saturated carbocycles. The maximum atomic E-state index is 13.9. The third kappa shape index (κ3) is 5.79. The van der Waals surface area contributed by atoms with E-state index in [1.54, 1.807) is 36.5 Å². The maximum Gasteiger partial charge on any atom is 0.488 e. The number of pyridine rings is 1. The van der Waals surface area contributed by atoms with Crippen molar-refractivity contribution in [2.45, 2.75) is 45.1 Å². The molecular weight excluding hydrogens is 623 g/mol. The normalized spacial score (nSPS) is 23.3. The van der Waals surface area contributed by atoms with Gasteiger partial charge in [0.15, 0.2) is 0 Å². The van der Waals surface area contributed by atoms with Gasteiger partial charge in [0.05, 0.1) is 35.9 Å². The zero-order chi connectivity index (χ0) is 31.0. The summed E-state index contributed by atoms with van der Waals surface area (Å²) in [6, 6.07) is 17.4. The van der Waals surface area contributed by atoms with Crippen molar-refractivity contribution in [1.82, 2.24) is 4.98 Å². The van der Waals surface area contributed by atoms with Crippen LogP contribution in [0, 0.1) is 17.8 Å². The molecule has 2 saturated heterocycles. The highest BCUT2D eigenvalue weighted by Crippen LogP contribution is 2.51. The van der Waals surface area contributed by atoms with E-state index in [0.717, 1.165) is 34.2 Å². The molecule has 2 aliphatic heterocycles. The van der Waals surface area contributed by atoms with Crippen LogP contribution in [0.15, 0.2) is 82.5 Å². The molecule has 2 fully saturated rings. The minimum Gasteiger partial charge on any atom is -0.507 e. The predicted molar refractivity (Wildman–Crippen MR) is 173 cm³/mol. The fourth-order valence-electron chi connectivity index (χ4n) is 7.03. The Morgan fingerprint density at radius 1 is 1.09 bits per heavy atom. The van der Waals surface area contributed by atoms with E-state index in [1.165, 1.54) is 16.5 Å². The van der Waals surface area contributed by atoms with Crippen molar-refractivity contribution in [3.05, 3.63) is 93.7 Å². The first kappa shape index (κ1) is 30.5. The molecule has 0 spiro atoms. The summed E-state index contributed by atoms with van der Waals surface area (Å²) < 4.78 is 7.29. The van der Waals surface area contributed by atoms with E-state index in [2.05, 4.69) is 27.8 Å². The van der Waals surface area contributed by atoms with Crippen molar-refractivity contribution >= 4 is 57.7 Å². The number of hydrogen-bond acceptors (Lipinski definition) is 7. The lowest BCUT2D eigenvalue weighted by molar-refractivity contribution is -0.122. The van der Waals surface area contributed by atoms with Gasteiger partial charge in [0, 0.05) is 22.2 Å². The van der Waals surface area contributed by atoms with Gasteiger partial charge in [-0.05, 0) is 90.8 Å². The molecule has 0 radical (unpaired) electrons. The van der Waals surface area contributed by atoms with Crippen LogP contribution in [0.3, 0.4) is 0 Å². The van der Waals surface area contributed by atoms with Gasteiger partial charge >= 0.3 is 7.12 Å². The van der Waals surface area contributed by atoms with Gasteiger partial charge in [-0.1, -0.05) is 53.0 Å². The number of anilines is 1. The predicted octanol–water partition coefficient (Wildman–Crippen LogP) is 4.87. The average molecular weight is 657 g/mol. The number of imide groups is 1. The molecule has 44 heavy (non-hydrogen) atoms. The Labute approximate surface area is 265 Å². The minimum atomic E-state index is -1.70. The molecule has 1 aliphatic carbocycles. The Kier molecular flexibility index (Phi) is 8.87. The Balaban J connectivity index is 1.29. The molecule has 226 valence electrons. The number of carbonyl (C=O) groups is 2. The molecule has 0 unspecified atom stereocenters. The second-order valence-corrected chi connectivity index (χ2v) is 12.6. The van der Waals surface area contributed by atoms with Crippen LogP contribution >= 0.6 is 15.9 Å². The second-order valence-electron chi connectivity index (χ2n) is 11.7. The van der Waals surface area contributed by atoms with Crippen LogP contribution in [0.2, 0.25) is 0 Å². The zero-order valence-corrected chi connectivity index (χ0v) is 26.0. The highest BCUT2D eigenvalue weighted by Gasteiger charge is 2.57. The quantitative estimate of drug-likeness (QED) is 0.171. The maximum absolute atomic E-state index is 13.9. The summed E-state index contributed by atoms with van der Waals surface area (Å²) >= 11 is 3.50. The summed E-state index contributed by atoms with van der Waals surface area (Å²) in [5.41, 5.74) is 5.40. The number of benzene rings is 2. The molecular formula is C34H34BBrN2O6. The number of halogens is 1. The van der Waals surface area contributed by atoms with Crippen molar-refractivity contribution in [3.8, 4) is 5.75 Å². The summed E-state index contributed by atoms with van der Waals surface area (Å²) in [4.78, 5) is 33.5. The molecule has 3 aromatic rings. The van der Waals surface area contributed by atoms with Gasteiger partial charge in [0.1, 0.15) is 5.75 Å². The molecule has 4 atom stereocenters. The molecule has 3 N–H and O–H groups in total. The molecule has 6 rings (SSSR count). The Hall–Kier alpha value is -3.57. The number of ether oxygens (including phenoxy) is 1. The van der Waals surface area contributed by atoms with Crippen molar-refractivity contribution < 1.29 is 29.5 Å². The van der Waals surface area contributed by atoms with E-state index >= 15 is 0 Å². The number of fused-ring (bicyclic) bond motifs is 3. The number of phenolic OH excluding ortho intramolecular Hbond substituents is 1. The number of amides is 2. The Bertz CT molecular complexity index is 1640. The van der Waals surface area contributed by atoms with Crippen LogP contribution in [0.4, 0.5) is 5.69 Å². The molecule has 1 aromatic heterocycles. The van der Waals surface area contributed by atoms with E-state index in [-0.39, 0.29) is 35.0 Å². The standard InChI is InChI=1S/C34H34BBrN2O6/c1-2-6-21-17-26-32(34(41)38(33(26)40)25-8-5-7-23(18-25)35(42)43)27-19-44-30(31(21)27)13-10-20(28-9-3-4-14-37-28)15-22-16-24(36)11-12-29(22)39/h3-5,7-9,11-12,14-16,18,26-27,30,32,39,42-43H,2,6,10,13,17,19H2,1H3/b20-15-/t26-,27+,30-,32-/m1/s1. The first-order chi connectivity index (χ1) is 21.3. The van der Waals surface area contributed by atoms with Crippen LogP contribution in [0.1, 0.15) is 50.3 Å². The number of carbonyl (C=O) groups excluding carboxylic acids is 2. The molecule has 10 heteroatoms. The first-order valence-electron chi connectivity index (χ1n) is 15.0. The van der Waals surface area contributed by atoms with E-state index in [0.29, 0.717) is 37.1 Å². The minimum absolute atomic E-state index is 0.179. The fraction of sp³-hybridized carbons (Fsp3) is 0.324. The van der Waals surface area contributed by atoms with Crippen molar-refractivity contribution in [1.29, 1.82) is 0 Å². The number of aromatic nitrogens is 1. The number of allylic oxidation sites excluding steroid dienone is 2. The Morgan fingerprint density at radius 2 is 1.93 bits per heavy atom. The topological polar surface area (TPSA) is 120 Å². The van der Waals surface area contributed by atoms with Gasteiger partial charge in [-0.25, -0.2) is 0 Å². The number of hydrogen-bond donors (Lipinski definition) is 3. The molecule has 8 nitrogen and oxygen atoms in total. The first-order valence-corrected chi connectivity index (χ1v) is 15.8. The van der Waals surface area contributed by atoms with Crippen LogP contribution in [0.25, 0.3) is 11.6 Å². The van der Waals surface area contributed by atoms with Gasteiger partial charge in [-0.2, -0.15) is 0 Å². The second kappa shape index (κ2) is 12.8. The van der Waals surface area contributed by atoms with E-state index in [9.17, 15) is 24.7 Å². The largest absolute Gasteiger partial charge is 0.507 e. The molecule has 3 aliphatic rings. The average Bonchev–Trinajstić information content (AvgIpc) is 3.55. The smallest absolute Gasteiger partial charge is 0.488 e. The number of nitrogens with zero attached hydrogens (tertiary/aromatic N) is 2. The summed E-state index contributed by atoms with van der Waals surface area (Å²) in [6.45, 7) is 2.48. The lowest BCUT2D eigenvalue weighted by atomic mass is 9.68. The van der Waals surface area contributed by atoms with E-state index < -0.39 is 19.0 Å². The Morgan fingerprint density at radius 3 is 2.68 bits per heavy atom. The molecule has 2 aromatic carbocycles. The van der Waals surface area contributed by atoms with Crippen LogP contribution in [0.5, 0.6) is 5.75 Å². The van der Waals surface area contributed by atoms with Crippen LogP contribution in [-0.2, 0) is 14.3 Å². The van der Waals surface area contributed by atoms with Crippen LogP contribution < -0.4 is 10.4 Å². The summed E-state index contributed by atoms with van der Waals surface area (Å²) in [7, 11) is -1.70. The van der Waals surface area contributed by atoms with Crippen molar-refractivity contribution in [2.24, 2.45) is 17.8 Å². The molecule has 3 heterocycles. The summed E-state index contributed by atoms with van der Waals surface area (Å²) in [5.74, 6) is -1.50. The number of rotatable bonds is 9. The fourth-order valence-corrected chi connectivity index (χ4v) is 7.41. The SMILES string of the molecule is CCCC1=C2[C@@H](CC/C(=C/c3cc(Br)ccc3O)c3ccccn3)OC[C@@H]2[C@@H]2C(=O)N(c3cccc(B(O)O)c3)C(=O)[C@@H]2C1. The van der Waals surface area contributed by atoms with Crippen LogP contribution in [-0.4, -0.2) is 51.8 Å². The third-order valence-corrected chi connectivity index (χ3v) is 9.47. The van der Waals surface area contributed by atoms with E-state index in [4.69, 9.17) is 4.74 Å². The molecule has 0 bridgehead atoms. The highest BCUT2D eigenvalue weighted by molar-refractivity contribution is 9.10. The summed E-state index contributed by atoms with van der Waals surface area (Å²) in [5, 5.41) is 29.9. The zero-order valence-electron chi connectivity index (χ0n) is 24.4. The third-order valence-electron chi connectivity index (χ3n) is 8.98. The number of aromatic hydroxyl groups is 1. The highest BCUT2D eigenvalue weighted by atomic mass is 79.9. The van der Waals surface area contributed by atoms with Gasteiger partial charge in [0.25, 0.3) is 0 Å².